The van der Waals surface area contributed by atoms with Crippen LogP contribution in [0, 0.1) is 5.82 Å². The number of rotatable bonds is 1. The molecule has 92 valence electrons. The van der Waals surface area contributed by atoms with Crippen LogP contribution in [0.5, 0.6) is 0 Å². The minimum absolute atomic E-state index is 0.255. The number of benzene rings is 1. The van der Waals surface area contributed by atoms with Gasteiger partial charge in [-0.25, -0.2) is 8.78 Å². The number of anilines is 1. The van der Waals surface area contributed by atoms with Gasteiger partial charge in [-0.3, -0.25) is 0 Å². The lowest BCUT2D eigenvalue weighted by Crippen LogP contribution is -2.47. The van der Waals surface area contributed by atoms with Crippen LogP contribution in [-0.4, -0.2) is 31.5 Å². The minimum Gasteiger partial charge on any atom is -0.367 e. The highest BCUT2D eigenvalue weighted by molar-refractivity contribution is 6.33. The highest BCUT2D eigenvalue weighted by Gasteiger charge is 2.55. The van der Waals surface area contributed by atoms with Crippen molar-refractivity contribution in [1.82, 2.24) is 0 Å². The number of alkyl halides is 1. The summed E-state index contributed by atoms with van der Waals surface area (Å²) in [6.45, 7) is 1.45. The minimum atomic E-state index is -1.00. The highest BCUT2D eigenvalue weighted by atomic mass is 35.5. The van der Waals surface area contributed by atoms with Crippen LogP contribution in [-0.2, 0) is 4.74 Å². The van der Waals surface area contributed by atoms with Crippen LogP contribution in [0.4, 0.5) is 14.5 Å². The van der Waals surface area contributed by atoms with Crippen molar-refractivity contribution in [2.45, 2.75) is 18.2 Å². The van der Waals surface area contributed by atoms with Crippen LogP contribution >= 0.6 is 11.6 Å². The molecular weight excluding hydrogens is 248 g/mol. The van der Waals surface area contributed by atoms with Gasteiger partial charge in [-0.15, -0.1) is 0 Å². The van der Waals surface area contributed by atoms with Crippen molar-refractivity contribution in [2.75, 3.05) is 24.6 Å². The molecule has 0 radical (unpaired) electrons. The predicted molar refractivity (Wildman–Crippen MR) is 61.8 cm³/mol. The van der Waals surface area contributed by atoms with Gasteiger partial charge in [-0.2, -0.15) is 0 Å². The summed E-state index contributed by atoms with van der Waals surface area (Å²) in [6.07, 6.45) is -0.348. The average molecular weight is 260 g/mol. The molecule has 3 rings (SSSR count). The Kier molecular flexibility index (Phi) is 2.52. The predicted octanol–water partition coefficient (Wildman–Crippen LogP) is 2.80. The Morgan fingerprint density at radius 3 is 2.82 bits per heavy atom. The first kappa shape index (κ1) is 11.2. The van der Waals surface area contributed by atoms with Gasteiger partial charge in [-0.05, 0) is 24.6 Å². The van der Waals surface area contributed by atoms with Gasteiger partial charge in [0.15, 0.2) is 0 Å². The molecule has 1 aromatic rings. The van der Waals surface area contributed by atoms with E-state index in [0.29, 0.717) is 30.3 Å². The van der Waals surface area contributed by atoms with E-state index < -0.39 is 11.8 Å². The zero-order valence-electron chi connectivity index (χ0n) is 9.13. The van der Waals surface area contributed by atoms with Crippen molar-refractivity contribution < 1.29 is 13.5 Å². The molecule has 0 bridgehead atoms. The lowest BCUT2D eigenvalue weighted by atomic mass is 9.95. The number of hydrogen-bond donors (Lipinski definition) is 0. The van der Waals surface area contributed by atoms with E-state index >= 15 is 0 Å². The standard InChI is InChI=1S/C12H12ClF2NO/c13-9-5-8(14)1-2-10(9)16-4-3-12(7-17-12)11(15)6-16/h1-2,5,11H,3-4,6-7H2/t11-,12-/m1/s1. The summed E-state index contributed by atoms with van der Waals surface area (Å²) >= 11 is 5.96. The maximum atomic E-state index is 13.9. The van der Waals surface area contributed by atoms with E-state index in [0.717, 1.165) is 0 Å². The maximum Gasteiger partial charge on any atom is 0.149 e. The molecular formula is C12H12ClF2NO. The van der Waals surface area contributed by atoms with Crippen molar-refractivity contribution in [3.05, 3.63) is 29.0 Å². The summed E-state index contributed by atoms with van der Waals surface area (Å²) in [4.78, 5) is 1.85. The SMILES string of the molecule is Fc1ccc(N2CC[C@@]3(CO3)[C@H](F)C2)c(Cl)c1. The Bertz CT molecular complexity index is 450. The van der Waals surface area contributed by atoms with Crippen LogP contribution in [0.25, 0.3) is 0 Å². The fourth-order valence-electron chi connectivity index (χ4n) is 2.31. The van der Waals surface area contributed by atoms with E-state index in [1.165, 1.54) is 12.1 Å². The molecule has 17 heavy (non-hydrogen) atoms. The van der Waals surface area contributed by atoms with Gasteiger partial charge < -0.3 is 9.64 Å². The topological polar surface area (TPSA) is 15.8 Å². The quantitative estimate of drug-likeness (QED) is 0.721. The summed E-state index contributed by atoms with van der Waals surface area (Å²) in [5.74, 6) is -0.380. The van der Waals surface area contributed by atoms with Crippen LogP contribution in [0.3, 0.4) is 0 Å². The molecule has 2 aliphatic heterocycles. The van der Waals surface area contributed by atoms with Gasteiger partial charge in [0.25, 0.3) is 0 Å². The molecule has 0 N–H and O–H groups in total. The van der Waals surface area contributed by atoms with E-state index in [9.17, 15) is 8.78 Å². The van der Waals surface area contributed by atoms with Crippen LogP contribution < -0.4 is 4.90 Å². The number of piperidine rings is 1. The molecule has 0 aromatic heterocycles. The normalized spacial score (nSPS) is 31.9. The molecule has 0 unspecified atom stereocenters. The Hall–Kier alpha value is -0.870. The van der Waals surface area contributed by atoms with Gasteiger partial charge in [0.1, 0.15) is 17.6 Å². The average Bonchev–Trinajstić information content (AvgIpc) is 3.04. The van der Waals surface area contributed by atoms with Gasteiger partial charge in [0.2, 0.25) is 0 Å². The van der Waals surface area contributed by atoms with Crippen molar-refractivity contribution in [3.63, 3.8) is 0 Å². The van der Waals surface area contributed by atoms with Crippen LogP contribution in [0.15, 0.2) is 18.2 Å². The van der Waals surface area contributed by atoms with Crippen LogP contribution in [0.1, 0.15) is 6.42 Å². The van der Waals surface area contributed by atoms with E-state index in [-0.39, 0.29) is 12.4 Å². The third-order valence-electron chi connectivity index (χ3n) is 3.52. The molecule has 2 atom stereocenters. The van der Waals surface area contributed by atoms with E-state index in [1.54, 1.807) is 6.07 Å². The summed E-state index contributed by atoms with van der Waals surface area (Å²) in [5.41, 5.74) is 0.148. The largest absolute Gasteiger partial charge is 0.367 e. The summed E-state index contributed by atoms with van der Waals surface area (Å²) in [5, 5.41) is 0.324. The van der Waals surface area contributed by atoms with E-state index in [2.05, 4.69) is 0 Å². The fourth-order valence-corrected chi connectivity index (χ4v) is 2.59. The first-order valence-electron chi connectivity index (χ1n) is 5.59. The second-order valence-electron chi connectivity index (χ2n) is 4.61. The summed E-state index contributed by atoms with van der Waals surface area (Å²) in [6, 6.07) is 4.19. The molecule has 0 saturated carbocycles. The number of ether oxygens (including phenoxy) is 1. The van der Waals surface area contributed by atoms with E-state index in [4.69, 9.17) is 16.3 Å². The van der Waals surface area contributed by atoms with Crippen molar-refractivity contribution in [3.8, 4) is 0 Å². The highest BCUT2D eigenvalue weighted by Crippen LogP contribution is 2.41. The molecule has 0 amide bonds. The molecule has 1 spiro atoms. The van der Waals surface area contributed by atoms with Gasteiger partial charge >= 0.3 is 0 Å². The van der Waals surface area contributed by atoms with E-state index in [1.807, 2.05) is 4.90 Å². The monoisotopic (exact) mass is 259 g/mol. The molecule has 2 heterocycles. The lowest BCUT2D eigenvalue weighted by molar-refractivity contribution is 0.138. The molecule has 2 fully saturated rings. The second kappa shape index (κ2) is 3.82. The second-order valence-corrected chi connectivity index (χ2v) is 5.02. The van der Waals surface area contributed by atoms with Gasteiger partial charge in [0.05, 0.1) is 23.9 Å². The molecule has 1 aromatic carbocycles. The van der Waals surface area contributed by atoms with Crippen molar-refractivity contribution in [2.24, 2.45) is 0 Å². The van der Waals surface area contributed by atoms with Crippen LogP contribution in [0.2, 0.25) is 5.02 Å². The number of epoxide rings is 1. The molecule has 5 heteroatoms. The Morgan fingerprint density at radius 1 is 1.47 bits per heavy atom. The zero-order valence-corrected chi connectivity index (χ0v) is 9.88. The molecule has 2 aliphatic rings. The first-order valence-corrected chi connectivity index (χ1v) is 5.97. The number of hydrogen-bond acceptors (Lipinski definition) is 2. The Balaban J connectivity index is 1.81. The fraction of sp³-hybridized carbons (Fsp3) is 0.500. The lowest BCUT2D eigenvalue weighted by Gasteiger charge is -2.35. The Morgan fingerprint density at radius 2 is 2.24 bits per heavy atom. The Labute approximate surface area is 103 Å². The number of halogens is 3. The third kappa shape index (κ3) is 1.89. The molecule has 2 saturated heterocycles. The third-order valence-corrected chi connectivity index (χ3v) is 3.82. The number of nitrogens with zero attached hydrogens (tertiary/aromatic N) is 1. The maximum absolute atomic E-state index is 13.9. The molecule has 2 nitrogen and oxygen atoms in total. The van der Waals surface area contributed by atoms with Crippen molar-refractivity contribution in [1.29, 1.82) is 0 Å². The summed E-state index contributed by atoms with van der Waals surface area (Å²) in [7, 11) is 0. The van der Waals surface area contributed by atoms with Gasteiger partial charge in [0, 0.05) is 6.54 Å². The first-order chi connectivity index (χ1) is 8.11. The zero-order chi connectivity index (χ0) is 12.0. The molecule has 0 aliphatic carbocycles. The van der Waals surface area contributed by atoms with Crippen molar-refractivity contribution >= 4 is 17.3 Å². The smallest absolute Gasteiger partial charge is 0.149 e. The summed E-state index contributed by atoms with van der Waals surface area (Å²) < 4.78 is 32.0. The van der Waals surface area contributed by atoms with Gasteiger partial charge in [-0.1, -0.05) is 11.6 Å².